The number of nitrogens with zero attached hydrogens (tertiary/aromatic N) is 2. The van der Waals surface area contributed by atoms with Crippen LogP contribution in [0.2, 0.25) is 0 Å². The molecule has 0 saturated carbocycles. The molecule has 0 radical (unpaired) electrons. The number of aromatic nitrogens is 2. The number of likely N-dealkylation sites (tertiary alicyclic amines) is 1. The number of thiol groups is 1. The van der Waals surface area contributed by atoms with Crippen LogP contribution in [0.15, 0.2) is 12.5 Å². The van der Waals surface area contributed by atoms with Gasteiger partial charge < -0.3 is 36.5 Å². The van der Waals surface area contributed by atoms with Crippen LogP contribution in [-0.2, 0) is 30.4 Å². The van der Waals surface area contributed by atoms with Gasteiger partial charge in [-0.25, -0.2) is 9.78 Å². The first-order chi connectivity index (χ1) is 15.6. The van der Waals surface area contributed by atoms with Gasteiger partial charge in [0.1, 0.15) is 18.1 Å². The van der Waals surface area contributed by atoms with Crippen molar-refractivity contribution < 1.29 is 34.2 Å². The van der Waals surface area contributed by atoms with Crippen LogP contribution in [0.5, 0.6) is 0 Å². The zero-order valence-corrected chi connectivity index (χ0v) is 18.7. The molecule has 1 saturated heterocycles. The van der Waals surface area contributed by atoms with Gasteiger partial charge in [-0.1, -0.05) is 0 Å². The van der Waals surface area contributed by atoms with Crippen molar-refractivity contribution in [1.29, 1.82) is 0 Å². The summed E-state index contributed by atoms with van der Waals surface area (Å²) < 4.78 is 0. The van der Waals surface area contributed by atoms with Crippen LogP contribution in [0, 0.1) is 0 Å². The van der Waals surface area contributed by atoms with Gasteiger partial charge in [0.25, 0.3) is 0 Å². The van der Waals surface area contributed by atoms with Crippen molar-refractivity contribution in [3.8, 4) is 0 Å². The van der Waals surface area contributed by atoms with Crippen molar-refractivity contribution in [1.82, 2.24) is 25.5 Å². The van der Waals surface area contributed by atoms with Gasteiger partial charge in [0.05, 0.1) is 12.4 Å². The van der Waals surface area contributed by atoms with Crippen LogP contribution in [-0.4, -0.2) is 91.2 Å². The molecule has 13 nitrogen and oxygen atoms in total. The van der Waals surface area contributed by atoms with E-state index in [-0.39, 0.29) is 18.6 Å². The number of carboxylic acid groups (broad SMARTS) is 2. The van der Waals surface area contributed by atoms with Gasteiger partial charge in [0, 0.05) is 37.0 Å². The number of hydrogen-bond acceptors (Lipinski definition) is 8. The van der Waals surface area contributed by atoms with Crippen LogP contribution < -0.4 is 16.4 Å². The summed E-state index contributed by atoms with van der Waals surface area (Å²) >= 11 is 4.05. The molecule has 14 heteroatoms. The molecular formula is C19H28N6O7S. The van der Waals surface area contributed by atoms with E-state index in [2.05, 4.69) is 33.2 Å². The van der Waals surface area contributed by atoms with E-state index in [4.69, 9.17) is 10.8 Å². The minimum Gasteiger partial charge on any atom is -0.481 e. The molecule has 4 unspecified atom stereocenters. The molecule has 1 aliphatic rings. The molecule has 0 aliphatic carbocycles. The maximum absolute atomic E-state index is 12.8. The Morgan fingerprint density at radius 1 is 1.24 bits per heavy atom. The zero-order valence-electron chi connectivity index (χ0n) is 17.8. The van der Waals surface area contributed by atoms with Gasteiger partial charge >= 0.3 is 11.9 Å². The molecule has 33 heavy (non-hydrogen) atoms. The highest BCUT2D eigenvalue weighted by Crippen LogP contribution is 2.19. The number of carbonyl (C=O) groups excluding carboxylic acids is 3. The number of amides is 3. The van der Waals surface area contributed by atoms with E-state index in [1.165, 1.54) is 11.2 Å². The van der Waals surface area contributed by atoms with Crippen LogP contribution in [0.25, 0.3) is 0 Å². The lowest BCUT2D eigenvalue weighted by Gasteiger charge is -2.28. The zero-order chi connectivity index (χ0) is 24.5. The molecular weight excluding hydrogens is 456 g/mol. The van der Waals surface area contributed by atoms with Gasteiger partial charge in [-0.05, 0) is 19.3 Å². The highest BCUT2D eigenvalue weighted by molar-refractivity contribution is 7.80. The quantitative estimate of drug-likeness (QED) is 0.165. The summed E-state index contributed by atoms with van der Waals surface area (Å²) in [5.74, 6) is -4.54. The van der Waals surface area contributed by atoms with Crippen molar-refractivity contribution >= 4 is 42.3 Å². The fourth-order valence-corrected chi connectivity index (χ4v) is 3.75. The van der Waals surface area contributed by atoms with E-state index in [0.717, 1.165) is 0 Å². The molecule has 7 N–H and O–H groups in total. The van der Waals surface area contributed by atoms with E-state index in [9.17, 15) is 29.1 Å². The normalized spacial score (nSPS) is 18.2. The predicted octanol–water partition coefficient (Wildman–Crippen LogP) is -1.88. The summed E-state index contributed by atoms with van der Waals surface area (Å²) in [5, 5.41) is 22.7. The smallest absolute Gasteiger partial charge is 0.326 e. The van der Waals surface area contributed by atoms with Crippen molar-refractivity contribution in [3.63, 3.8) is 0 Å². The number of carbonyl (C=O) groups is 5. The summed E-state index contributed by atoms with van der Waals surface area (Å²) in [6, 6.07) is -4.32. The Kier molecular flexibility index (Phi) is 9.66. The van der Waals surface area contributed by atoms with Gasteiger partial charge in [-0.3, -0.25) is 19.2 Å². The fraction of sp³-hybridized carbons (Fsp3) is 0.579. The fourth-order valence-electron chi connectivity index (χ4n) is 3.50. The van der Waals surface area contributed by atoms with Gasteiger partial charge in [0.2, 0.25) is 17.7 Å². The monoisotopic (exact) mass is 484 g/mol. The molecule has 2 rings (SSSR count). The third kappa shape index (κ3) is 7.46. The third-order valence-corrected chi connectivity index (χ3v) is 5.59. The predicted molar refractivity (Wildman–Crippen MR) is 117 cm³/mol. The number of aliphatic carboxylic acids is 2. The van der Waals surface area contributed by atoms with E-state index in [0.29, 0.717) is 25.1 Å². The third-order valence-electron chi connectivity index (χ3n) is 5.23. The number of nitrogens with two attached hydrogens (primary N) is 1. The van der Waals surface area contributed by atoms with Crippen LogP contribution in [0.3, 0.4) is 0 Å². The molecule has 0 aromatic carbocycles. The topological polar surface area (TPSA) is 208 Å². The maximum atomic E-state index is 12.8. The summed E-state index contributed by atoms with van der Waals surface area (Å²) in [4.78, 5) is 68.2. The Morgan fingerprint density at radius 2 is 1.97 bits per heavy atom. The van der Waals surface area contributed by atoms with Crippen molar-refractivity contribution in [2.45, 2.75) is 56.3 Å². The number of aromatic amines is 1. The molecule has 4 atom stereocenters. The molecule has 1 aliphatic heterocycles. The number of nitrogens with one attached hydrogen (secondary N) is 3. The van der Waals surface area contributed by atoms with E-state index < -0.39 is 60.2 Å². The largest absolute Gasteiger partial charge is 0.481 e. The maximum Gasteiger partial charge on any atom is 0.326 e. The number of hydrogen-bond donors (Lipinski definition) is 7. The van der Waals surface area contributed by atoms with Gasteiger partial charge in [0.15, 0.2) is 0 Å². The Morgan fingerprint density at radius 3 is 2.55 bits per heavy atom. The molecule has 0 bridgehead atoms. The number of imidazole rings is 1. The highest BCUT2D eigenvalue weighted by atomic mass is 32.1. The number of rotatable bonds is 12. The van der Waals surface area contributed by atoms with Gasteiger partial charge in [-0.2, -0.15) is 12.6 Å². The second-order valence-corrected chi connectivity index (χ2v) is 8.02. The molecule has 0 spiro atoms. The standard InChI is InChI=1S/C19H28N6O7S/c20-11(6-10-7-21-9-22-10)18(30)25-5-1-2-14(25)17(29)24-13(8-33)16(28)23-12(19(31)32)3-4-15(26)27/h7,9,11-14,33H,1-6,8,20H2,(H,21,22)(H,23,28)(H,24,29)(H,26,27)(H,31,32). The second-order valence-electron chi connectivity index (χ2n) is 7.65. The first-order valence-electron chi connectivity index (χ1n) is 10.3. The lowest BCUT2D eigenvalue weighted by atomic mass is 10.1. The number of carboxylic acids is 2. The molecule has 182 valence electrons. The summed E-state index contributed by atoms with van der Waals surface area (Å²) in [5.41, 5.74) is 6.69. The van der Waals surface area contributed by atoms with Crippen LogP contribution in [0.4, 0.5) is 0 Å². The average molecular weight is 485 g/mol. The first-order valence-corrected chi connectivity index (χ1v) is 11.0. The van der Waals surface area contributed by atoms with Crippen LogP contribution in [0.1, 0.15) is 31.4 Å². The molecule has 1 fully saturated rings. The first kappa shape index (κ1) is 26.1. The number of H-pyrrole nitrogens is 1. The van der Waals surface area contributed by atoms with Crippen molar-refractivity contribution in [3.05, 3.63) is 18.2 Å². The molecule has 3 amide bonds. The molecule has 2 heterocycles. The van der Waals surface area contributed by atoms with E-state index in [1.54, 1.807) is 6.20 Å². The SMILES string of the molecule is NC(Cc1cnc[nH]1)C(=O)N1CCCC1C(=O)NC(CS)C(=O)NC(CCC(=O)O)C(=O)O. The summed E-state index contributed by atoms with van der Waals surface area (Å²) in [6.07, 6.45) is 3.43. The lowest BCUT2D eigenvalue weighted by Crippen LogP contribution is -2.57. The Bertz CT molecular complexity index is 865. The Balaban J connectivity index is 1.98. The minimum absolute atomic E-state index is 0.136. The highest BCUT2D eigenvalue weighted by Gasteiger charge is 2.37. The second kappa shape index (κ2) is 12.2. The van der Waals surface area contributed by atoms with Crippen LogP contribution >= 0.6 is 12.6 Å². The summed E-state index contributed by atoms with van der Waals surface area (Å²) in [6.45, 7) is 0.335. The van der Waals surface area contributed by atoms with E-state index in [1.807, 2.05) is 0 Å². The Labute approximate surface area is 194 Å². The minimum atomic E-state index is -1.43. The average Bonchev–Trinajstić information content (AvgIpc) is 3.45. The van der Waals surface area contributed by atoms with Gasteiger partial charge in [-0.15, -0.1) is 0 Å². The van der Waals surface area contributed by atoms with Crippen molar-refractivity contribution in [2.24, 2.45) is 5.73 Å². The lowest BCUT2D eigenvalue weighted by molar-refractivity contribution is -0.143. The van der Waals surface area contributed by atoms with Crippen molar-refractivity contribution in [2.75, 3.05) is 12.3 Å². The summed E-state index contributed by atoms with van der Waals surface area (Å²) in [7, 11) is 0. The Hall–Kier alpha value is -3.13. The molecule has 1 aromatic heterocycles. The van der Waals surface area contributed by atoms with E-state index >= 15 is 0 Å². The molecule has 1 aromatic rings.